The van der Waals surface area contributed by atoms with E-state index in [4.69, 9.17) is 23.2 Å². The zero-order valence-corrected chi connectivity index (χ0v) is 14.5. The standard InChI is InChI=1S/C16H13BrCl2N2/c1-9-6-13-14(7-12(19)8-15(13)17)16(21-20-9)10-2-4-11(18)5-3-10/h2-5,7-9,16H,6H2,1H3. The minimum absolute atomic E-state index is 0.141. The van der Waals surface area contributed by atoms with Crippen molar-refractivity contribution in [2.45, 2.75) is 25.4 Å². The molecule has 2 atom stereocenters. The molecule has 0 saturated carbocycles. The van der Waals surface area contributed by atoms with Gasteiger partial charge >= 0.3 is 0 Å². The van der Waals surface area contributed by atoms with Crippen LogP contribution in [0.4, 0.5) is 0 Å². The molecule has 0 bridgehead atoms. The summed E-state index contributed by atoms with van der Waals surface area (Å²) in [6, 6.07) is 11.6. The van der Waals surface area contributed by atoms with E-state index >= 15 is 0 Å². The number of hydrogen-bond donors (Lipinski definition) is 0. The third-order valence-electron chi connectivity index (χ3n) is 3.55. The fourth-order valence-corrected chi connectivity index (χ4v) is 3.67. The number of hydrogen-bond acceptors (Lipinski definition) is 2. The van der Waals surface area contributed by atoms with E-state index in [1.165, 1.54) is 5.56 Å². The zero-order chi connectivity index (χ0) is 15.0. The lowest BCUT2D eigenvalue weighted by Gasteiger charge is -2.16. The molecule has 0 N–H and O–H groups in total. The molecule has 1 heterocycles. The van der Waals surface area contributed by atoms with E-state index in [2.05, 4.69) is 33.1 Å². The highest BCUT2D eigenvalue weighted by molar-refractivity contribution is 9.10. The predicted octanol–water partition coefficient (Wildman–Crippen LogP) is 6.24. The summed E-state index contributed by atoms with van der Waals surface area (Å²) in [4.78, 5) is 0. The zero-order valence-electron chi connectivity index (χ0n) is 11.4. The summed E-state index contributed by atoms with van der Waals surface area (Å²) in [5.74, 6) is 0. The van der Waals surface area contributed by atoms with Crippen LogP contribution in [0.2, 0.25) is 10.0 Å². The molecule has 2 unspecified atom stereocenters. The van der Waals surface area contributed by atoms with Crippen LogP contribution in [0.25, 0.3) is 0 Å². The number of rotatable bonds is 1. The topological polar surface area (TPSA) is 24.7 Å². The van der Waals surface area contributed by atoms with Crippen LogP contribution in [0, 0.1) is 0 Å². The van der Waals surface area contributed by atoms with Crippen LogP contribution in [0.1, 0.15) is 29.7 Å². The Morgan fingerprint density at radius 3 is 2.48 bits per heavy atom. The van der Waals surface area contributed by atoms with Gasteiger partial charge in [0.15, 0.2) is 0 Å². The Balaban J connectivity index is 2.17. The van der Waals surface area contributed by atoms with Crippen LogP contribution in [0.5, 0.6) is 0 Å². The smallest absolute Gasteiger partial charge is 0.121 e. The quantitative estimate of drug-likeness (QED) is 0.556. The first-order valence-corrected chi connectivity index (χ1v) is 8.22. The fraction of sp³-hybridized carbons (Fsp3) is 0.250. The molecule has 0 fully saturated rings. The van der Waals surface area contributed by atoms with Crippen LogP contribution in [0.3, 0.4) is 0 Å². The van der Waals surface area contributed by atoms with Crippen molar-refractivity contribution < 1.29 is 0 Å². The van der Waals surface area contributed by atoms with Crippen molar-refractivity contribution >= 4 is 39.1 Å². The predicted molar refractivity (Wildman–Crippen MR) is 90.5 cm³/mol. The molecule has 0 spiro atoms. The minimum Gasteiger partial charge on any atom is -0.190 e. The minimum atomic E-state index is -0.141. The van der Waals surface area contributed by atoms with Gasteiger partial charge in [0.25, 0.3) is 0 Å². The Labute approximate surface area is 142 Å². The Morgan fingerprint density at radius 1 is 1.05 bits per heavy atom. The van der Waals surface area contributed by atoms with Crippen molar-refractivity contribution in [1.82, 2.24) is 0 Å². The third kappa shape index (κ3) is 3.15. The summed E-state index contributed by atoms with van der Waals surface area (Å²) in [5.41, 5.74) is 3.38. The molecule has 0 aliphatic carbocycles. The van der Waals surface area contributed by atoms with E-state index in [0.29, 0.717) is 10.0 Å². The maximum absolute atomic E-state index is 6.23. The van der Waals surface area contributed by atoms with Gasteiger partial charge < -0.3 is 0 Å². The molecule has 0 saturated heterocycles. The second-order valence-electron chi connectivity index (χ2n) is 5.19. The second kappa shape index (κ2) is 6.07. The molecule has 0 aromatic heterocycles. The number of halogens is 3. The van der Waals surface area contributed by atoms with Crippen molar-refractivity contribution in [3.63, 3.8) is 0 Å². The molecule has 21 heavy (non-hydrogen) atoms. The van der Waals surface area contributed by atoms with Crippen LogP contribution >= 0.6 is 39.1 Å². The van der Waals surface area contributed by atoms with E-state index in [-0.39, 0.29) is 12.1 Å². The third-order valence-corrected chi connectivity index (χ3v) is 4.73. The van der Waals surface area contributed by atoms with Crippen molar-refractivity contribution in [2.75, 3.05) is 0 Å². The van der Waals surface area contributed by atoms with Crippen molar-refractivity contribution in [3.8, 4) is 0 Å². The Bertz CT molecular complexity index is 698. The van der Waals surface area contributed by atoms with E-state index < -0.39 is 0 Å². The van der Waals surface area contributed by atoms with Gasteiger partial charge in [-0.15, -0.1) is 0 Å². The number of azo groups is 1. The van der Waals surface area contributed by atoms with Gasteiger partial charge in [0, 0.05) is 14.5 Å². The highest BCUT2D eigenvalue weighted by atomic mass is 79.9. The van der Waals surface area contributed by atoms with E-state index in [1.54, 1.807) is 0 Å². The molecule has 5 heteroatoms. The summed E-state index contributed by atoms with van der Waals surface area (Å²) < 4.78 is 1.02. The maximum Gasteiger partial charge on any atom is 0.121 e. The van der Waals surface area contributed by atoms with Crippen LogP contribution < -0.4 is 0 Å². The average Bonchev–Trinajstić information content (AvgIpc) is 2.60. The van der Waals surface area contributed by atoms with Gasteiger partial charge in [0.05, 0.1) is 6.04 Å². The lowest BCUT2D eigenvalue weighted by atomic mass is 9.93. The van der Waals surface area contributed by atoms with Crippen LogP contribution in [-0.2, 0) is 6.42 Å². The lowest BCUT2D eigenvalue weighted by Crippen LogP contribution is -2.05. The molecule has 0 amide bonds. The van der Waals surface area contributed by atoms with Crippen molar-refractivity contribution in [3.05, 3.63) is 67.6 Å². The maximum atomic E-state index is 6.23. The summed E-state index contributed by atoms with van der Waals surface area (Å²) in [5, 5.41) is 10.4. The SMILES string of the molecule is CC1Cc2c(Br)cc(Cl)cc2C(c2ccc(Cl)cc2)N=N1. The number of nitrogens with zero attached hydrogens (tertiary/aromatic N) is 2. The van der Waals surface area contributed by atoms with Gasteiger partial charge in [-0.05, 0) is 54.3 Å². The van der Waals surface area contributed by atoms with Crippen LogP contribution in [0.15, 0.2) is 51.1 Å². The Kier molecular flexibility index (Phi) is 4.34. The Morgan fingerprint density at radius 2 is 1.76 bits per heavy atom. The molecule has 1 aliphatic rings. The van der Waals surface area contributed by atoms with Gasteiger partial charge in [0.2, 0.25) is 0 Å². The lowest BCUT2D eigenvalue weighted by molar-refractivity contribution is 0.679. The molecule has 2 aromatic carbocycles. The summed E-state index contributed by atoms with van der Waals surface area (Å²) in [6.07, 6.45) is 0.848. The van der Waals surface area contributed by atoms with E-state index in [1.807, 2.05) is 36.4 Å². The van der Waals surface area contributed by atoms with Crippen molar-refractivity contribution in [2.24, 2.45) is 10.2 Å². The first-order chi connectivity index (χ1) is 10.0. The largest absolute Gasteiger partial charge is 0.190 e. The molecule has 2 nitrogen and oxygen atoms in total. The van der Waals surface area contributed by atoms with Gasteiger partial charge in [-0.1, -0.05) is 51.3 Å². The molecule has 2 aromatic rings. The first-order valence-electron chi connectivity index (χ1n) is 6.68. The monoisotopic (exact) mass is 382 g/mol. The first kappa shape index (κ1) is 15.0. The van der Waals surface area contributed by atoms with Gasteiger partial charge in [-0.25, -0.2) is 0 Å². The summed E-state index contributed by atoms with van der Waals surface area (Å²) >= 11 is 15.8. The highest BCUT2D eigenvalue weighted by Gasteiger charge is 2.24. The van der Waals surface area contributed by atoms with E-state index in [0.717, 1.165) is 22.0 Å². The molecule has 108 valence electrons. The molecular weight excluding hydrogens is 371 g/mol. The molecular formula is C16H13BrCl2N2. The molecule has 0 radical (unpaired) electrons. The number of benzene rings is 2. The second-order valence-corrected chi connectivity index (χ2v) is 6.92. The highest BCUT2D eigenvalue weighted by Crippen LogP contribution is 2.38. The average molecular weight is 384 g/mol. The summed E-state index contributed by atoms with van der Waals surface area (Å²) in [6.45, 7) is 2.07. The van der Waals surface area contributed by atoms with Crippen LogP contribution in [-0.4, -0.2) is 6.04 Å². The molecule has 1 aliphatic heterocycles. The summed E-state index contributed by atoms with van der Waals surface area (Å²) in [7, 11) is 0. The van der Waals surface area contributed by atoms with Crippen molar-refractivity contribution in [1.29, 1.82) is 0 Å². The van der Waals surface area contributed by atoms with E-state index in [9.17, 15) is 0 Å². The fourth-order valence-electron chi connectivity index (χ4n) is 2.55. The number of fused-ring (bicyclic) bond motifs is 1. The Hall–Kier alpha value is -0.900. The van der Waals surface area contributed by atoms with Gasteiger partial charge in [0.1, 0.15) is 6.04 Å². The molecule has 3 rings (SSSR count). The van der Waals surface area contributed by atoms with Gasteiger partial charge in [-0.3, -0.25) is 0 Å². The normalized spacial score (nSPS) is 21.0. The van der Waals surface area contributed by atoms with Gasteiger partial charge in [-0.2, -0.15) is 10.2 Å².